The maximum atomic E-state index is 12.3. The average Bonchev–Trinajstić information content (AvgIpc) is 2.95. The van der Waals surface area contributed by atoms with Crippen LogP contribution in [-0.2, 0) is 23.2 Å². The number of hydrogen-bond donors (Lipinski definition) is 1. The van der Waals surface area contributed by atoms with Gasteiger partial charge in [-0.05, 0) is 37.6 Å². The van der Waals surface area contributed by atoms with Crippen LogP contribution in [0.2, 0.25) is 0 Å². The van der Waals surface area contributed by atoms with E-state index in [1.807, 2.05) is 19.9 Å². The molecule has 0 aliphatic carbocycles. The first-order valence-electron chi connectivity index (χ1n) is 9.99. The minimum Gasteiger partial charge on any atom is -0.492 e. The smallest absolute Gasteiger partial charge is 0.216 e. The van der Waals surface area contributed by atoms with Gasteiger partial charge in [-0.15, -0.1) is 0 Å². The molecule has 2 aromatic rings. The molecule has 9 heteroatoms. The molecule has 1 aliphatic rings. The number of benzene rings is 2. The molecule has 8 nitrogen and oxygen atoms in total. The first-order chi connectivity index (χ1) is 14.8. The van der Waals surface area contributed by atoms with Crippen molar-refractivity contribution in [3.05, 3.63) is 53.1 Å². The van der Waals surface area contributed by atoms with Crippen LogP contribution in [0.4, 0.5) is 0 Å². The van der Waals surface area contributed by atoms with Crippen LogP contribution < -0.4 is 14.2 Å². The van der Waals surface area contributed by atoms with Gasteiger partial charge in [0.05, 0.1) is 24.0 Å². The molecule has 0 bridgehead atoms. The number of aliphatic hydroxyl groups excluding tert-OH is 1. The molecule has 0 radical (unpaired) electrons. The standard InChI is InChI=1S/C22H26N2O6S/c1-16(2)30-21-6-3-17(11-19(21)13-23)15-29-20-5-4-18-14-24(31(26,27)10-8-25)7-9-28-22(18)12-20/h3-6,11-12,16,25H,7-10,14-15H2,1-2H3. The third kappa shape index (κ3) is 5.88. The maximum Gasteiger partial charge on any atom is 0.216 e. The van der Waals surface area contributed by atoms with Crippen molar-refractivity contribution in [1.29, 1.82) is 5.26 Å². The second-order valence-electron chi connectivity index (χ2n) is 7.39. The Kier molecular flexibility index (Phi) is 7.38. The monoisotopic (exact) mass is 446 g/mol. The van der Waals surface area contributed by atoms with Gasteiger partial charge >= 0.3 is 0 Å². The van der Waals surface area contributed by atoms with Crippen molar-refractivity contribution < 1.29 is 27.7 Å². The molecule has 0 atom stereocenters. The van der Waals surface area contributed by atoms with Crippen LogP contribution in [-0.4, -0.2) is 49.4 Å². The molecule has 166 valence electrons. The second kappa shape index (κ2) is 10.0. The Balaban J connectivity index is 1.70. The summed E-state index contributed by atoms with van der Waals surface area (Å²) < 4.78 is 43.1. The van der Waals surface area contributed by atoms with Crippen LogP contribution in [0.5, 0.6) is 17.2 Å². The van der Waals surface area contributed by atoms with Gasteiger partial charge in [0.25, 0.3) is 0 Å². The Morgan fingerprint density at radius 3 is 2.77 bits per heavy atom. The van der Waals surface area contributed by atoms with Crippen LogP contribution in [0.25, 0.3) is 0 Å². The van der Waals surface area contributed by atoms with Gasteiger partial charge in [0.1, 0.15) is 36.5 Å². The molecule has 3 rings (SSSR count). The van der Waals surface area contributed by atoms with Crippen molar-refractivity contribution >= 4 is 10.0 Å². The van der Waals surface area contributed by atoms with Gasteiger partial charge in [-0.1, -0.05) is 12.1 Å². The second-order valence-corrected chi connectivity index (χ2v) is 9.48. The summed E-state index contributed by atoms with van der Waals surface area (Å²) in [5.41, 5.74) is 2.00. The summed E-state index contributed by atoms with van der Waals surface area (Å²) in [5.74, 6) is 1.37. The van der Waals surface area contributed by atoms with Crippen molar-refractivity contribution in [3.63, 3.8) is 0 Å². The molecule has 0 unspecified atom stereocenters. The van der Waals surface area contributed by atoms with Gasteiger partial charge in [-0.3, -0.25) is 0 Å². The van der Waals surface area contributed by atoms with Gasteiger partial charge in [0.2, 0.25) is 10.0 Å². The maximum absolute atomic E-state index is 12.3. The van der Waals surface area contributed by atoms with E-state index < -0.39 is 16.6 Å². The minimum atomic E-state index is -3.54. The molecule has 0 aromatic heterocycles. The van der Waals surface area contributed by atoms with Crippen molar-refractivity contribution in [2.24, 2.45) is 0 Å². The number of fused-ring (bicyclic) bond motifs is 1. The van der Waals surface area contributed by atoms with Crippen molar-refractivity contribution in [1.82, 2.24) is 4.31 Å². The molecular weight excluding hydrogens is 420 g/mol. The number of nitrogens with zero attached hydrogens (tertiary/aromatic N) is 2. The summed E-state index contributed by atoms with van der Waals surface area (Å²) in [4.78, 5) is 0. The van der Waals surface area contributed by atoms with E-state index in [1.54, 1.807) is 30.3 Å². The Labute approximate surface area is 182 Å². The lowest BCUT2D eigenvalue weighted by atomic mass is 10.1. The molecule has 0 saturated carbocycles. The number of ether oxygens (including phenoxy) is 3. The third-order valence-electron chi connectivity index (χ3n) is 4.66. The number of sulfonamides is 1. The van der Waals surface area contributed by atoms with Gasteiger partial charge < -0.3 is 19.3 Å². The predicted octanol–water partition coefficient (Wildman–Crippen LogP) is 2.44. The zero-order valence-electron chi connectivity index (χ0n) is 17.6. The first kappa shape index (κ1) is 22.9. The van der Waals surface area contributed by atoms with Crippen molar-refractivity contribution in [3.8, 4) is 23.3 Å². The summed E-state index contributed by atoms with van der Waals surface area (Å²) in [7, 11) is -3.54. The fraction of sp³-hybridized carbons (Fsp3) is 0.409. The molecule has 1 heterocycles. The highest BCUT2D eigenvalue weighted by molar-refractivity contribution is 7.89. The van der Waals surface area contributed by atoms with Crippen LogP contribution in [0.15, 0.2) is 36.4 Å². The SMILES string of the molecule is CC(C)Oc1ccc(COc2ccc3c(c2)OCCN(S(=O)(=O)CCO)C3)cc1C#N. The fourth-order valence-corrected chi connectivity index (χ4v) is 4.35. The highest BCUT2D eigenvalue weighted by Crippen LogP contribution is 2.30. The number of aliphatic hydroxyl groups is 1. The number of hydrogen-bond acceptors (Lipinski definition) is 7. The van der Waals surface area contributed by atoms with Crippen molar-refractivity contribution in [2.75, 3.05) is 25.5 Å². The molecule has 0 spiro atoms. The molecule has 0 saturated heterocycles. The largest absolute Gasteiger partial charge is 0.492 e. The topological polar surface area (TPSA) is 109 Å². The Morgan fingerprint density at radius 2 is 2.06 bits per heavy atom. The van der Waals surface area contributed by atoms with Crippen LogP contribution in [0.3, 0.4) is 0 Å². The summed E-state index contributed by atoms with van der Waals surface area (Å²) in [6.45, 7) is 4.25. The lowest BCUT2D eigenvalue weighted by Gasteiger charge is -2.18. The van der Waals surface area contributed by atoms with E-state index in [2.05, 4.69) is 6.07 Å². The summed E-state index contributed by atoms with van der Waals surface area (Å²) in [5, 5.41) is 18.4. The van der Waals surface area contributed by atoms with Gasteiger partial charge in [-0.25, -0.2) is 8.42 Å². The molecule has 2 aromatic carbocycles. The van der Waals surface area contributed by atoms with E-state index in [1.165, 1.54) is 4.31 Å². The van der Waals surface area contributed by atoms with Gasteiger partial charge in [0, 0.05) is 24.7 Å². The number of rotatable bonds is 8. The van der Waals surface area contributed by atoms with Gasteiger partial charge in [0.15, 0.2) is 0 Å². The lowest BCUT2D eigenvalue weighted by Crippen LogP contribution is -2.35. The lowest BCUT2D eigenvalue weighted by molar-refractivity contribution is 0.241. The fourth-order valence-electron chi connectivity index (χ4n) is 3.18. The zero-order chi connectivity index (χ0) is 22.4. The molecule has 0 amide bonds. The highest BCUT2D eigenvalue weighted by Gasteiger charge is 2.25. The molecule has 31 heavy (non-hydrogen) atoms. The Hall–Kier alpha value is -2.80. The minimum absolute atomic E-state index is 0.0247. The van der Waals surface area contributed by atoms with E-state index in [4.69, 9.17) is 19.3 Å². The number of nitriles is 1. The Bertz CT molecular complexity index is 1060. The summed E-state index contributed by atoms with van der Waals surface area (Å²) in [6, 6.07) is 12.8. The molecule has 0 fully saturated rings. The van der Waals surface area contributed by atoms with E-state index in [-0.39, 0.29) is 38.2 Å². The molecule has 1 aliphatic heterocycles. The van der Waals surface area contributed by atoms with Crippen molar-refractivity contribution in [2.45, 2.75) is 33.1 Å². The summed E-state index contributed by atoms with van der Waals surface area (Å²) in [6.07, 6.45) is -0.0247. The highest BCUT2D eigenvalue weighted by atomic mass is 32.2. The predicted molar refractivity (Wildman–Crippen MR) is 114 cm³/mol. The normalized spacial score (nSPS) is 14.3. The Morgan fingerprint density at radius 1 is 1.26 bits per heavy atom. The average molecular weight is 447 g/mol. The van der Waals surface area contributed by atoms with E-state index in [9.17, 15) is 13.7 Å². The van der Waals surface area contributed by atoms with Crippen LogP contribution in [0, 0.1) is 11.3 Å². The van der Waals surface area contributed by atoms with Gasteiger partial charge in [-0.2, -0.15) is 9.57 Å². The first-order valence-corrected chi connectivity index (χ1v) is 11.6. The third-order valence-corrected chi connectivity index (χ3v) is 6.46. The molecule has 1 N–H and O–H groups in total. The quantitative estimate of drug-likeness (QED) is 0.663. The van der Waals surface area contributed by atoms with E-state index >= 15 is 0 Å². The van der Waals surface area contributed by atoms with Crippen LogP contribution in [0.1, 0.15) is 30.5 Å². The van der Waals surface area contributed by atoms with Crippen LogP contribution >= 0.6 is 0 Å². The zero-order valence-corrected chi connectivity index (χ0v) is 18.4. The van der Waals surface area contributed by atoms with E-state index in [0.29, 0.717) is 22.8 Å². The van der Waals surface area contributed by atoms with E-state index in [0.717, 1.165) is 11.1 Å². The summed E-state index contributed by atoms with van der Waals surface area (Å²) >= 11 is 0. The molecular formula is C22H26N2O6S.